The predicted octanol–water partition coefficient (Wildman–Crippen LogP) is 3.69. The molecule has 0 aromatic carbocycles. The topological polar surface area (TPSA) is 66.8 Å². The number of aliphatic hydroxyl groups is 1. The summed E-state index contributed by atoms with van der Waals surface area (Å²) in [5.74, 6) is -0.824. The van der Waals surface area contributed by atoms with Crippen LogP contribution in [0.25, 0.3) is 0 Å². The maximum atomic E-state index is 11.4. The summed E-state index contributed by atoms with van der Waals surface area (Å²) in [6.45, 7) is 11.7. The molecule has 0 radical (unpaired) electrons. The lowest BCUT2D eigenvalue weighted by Gasteiger charge is -2.46. The van der Waals surface area contributed by atoms with E-state index in [-0.39, 0.29) is 23.2 Å². The van der Waals surface area contributed by atoms with Crippen molar-refractivity contribution in [1.29, 1.82) is 0 Å². The first-order valence-electron chi connectivity index (χ1n) is 6.80. The molecule has 4 nitrogen and oxygen atoms in total. The Morgan fingerprint density at radius 2 is 1.75 bits per heavy atom. The van der Waals surface area contributed by atoms with Crippen LogP contribution in [0.5, 0.6) is 0 Å². The number of carbonyl (C=O) groups is 1. The van der Waals surface area contributed by atoms with Crippen molar-refractivity contribution in [3.8, 4) is 0 Å². The molecule has 0 fully saturated rings. The Labute approximate surface area is 121 Å². The van der Waals surface area contributed by atoms with Crippen LogP contribution in [-0.4, -0.2) is 28.9 Å². The molecule has 20 heavy (non-hydrogen) atoms. The van der Waals surface area contributed by atoms with Gasteiger partial charge in [0.05, 0.1) is 0 Å². The molecule has 0 amide bonds. The number of hydrogen-bond acceptors (Lipinski definition) is 3. The molecule has 1 atom stereocenters. The van der Waals surface area contributed by atoms with Gasteiger partial charge in [-0.2, -0.15) is 0 Å². The van der Waals surface area contributed by atoms with E-state index in [4.69, 9.17) is 4.74 Å². The van der Waals surface area contributed by atoms with Crippen LogP contribution in [0.15, 0.2) is 23.0 Å². The molecule has 0 bridgehead atoms. The van der Waals surface area contributed by atoms with Gasteiger partial charge in [-0.05, 0) is 22.5 Å². The first-order chi connectivity index (χ1) is 8.87. The predicted molar refractivity (Wildman–Crippen MR) is 78.6 cm³/mol. The van der Waals surface area contributed by atoms with Crippen LogP contribution < -0.4 is 0 Å². The first-order valence-corrected chi connectivity index (χ1v) is 6.80. The summed E-state index contributed by atoms with van der Waals surface area (Å²) in [6.07, 6.45) is 1.74. The van der Waals surface area contributed by atoms with Gasteiger partial charge in [-0.1, -0.05) is 41.5 Å². The molecule has 0 aromatic heterocycles. The average molecular weight is 282 g/mol. The Bertz CT molecular complexity index is 472. The Morgan fingerprint density at radius 3 is 2.05 bits per heavy atom. The fourth-order valence-electron chi connectivity index (χ4n) is 2.67. The van der Waals surface area contributed by atoms with Crippen molar-refractivity contribution in [3.05, 3.63) is 23.0 Å². The highest BCUT2D eigenvalue weighted by Crippen LogP contribution is 2.49. The maximum absolute atomic E-state index is 11.4. The molecule has 1 aliphatic carbocycles. The molecule has 0 saturated heterocycles. The van der Waals surface area contributed by atoms with Gasteiger partial charge >= 0.3 is 5.97 Å². The van der Waals surface area contributed by atoms with E-state index >= 15 is 0 Å². The maximum Gasteiger partial charge on any atom is 0.331 e. The van der Waals surface area contributed by atoms with Crippen LogP contribution in [-0.2, 0) is 9.53 Å². The third-order valence-electron chi connectivity index (χ3n) is 4.04. The lowest BCUT2D eigenvalue weighted by molar-refractivity contribution is -0.135. The smallest absolute Gasteiger partial charge is 0.331 e. The van der Waals surface area contributed by atoms with Crippen LogP contribution in [0, 0.1) is 10.8 Å². The van der Waals surface area contributed by atoms with E-state index in [1.165, 1.54) is 7.11 Å². The highest BCUT2D eigenvalue weighted by molar-refractivity contribution is 5.88. The molecule has 0 aliphatic heterocycles. The van der Waals surface area contributed by atoms with E-state index < -0.39 is 17.0 Å². The third kappa shape index (κ3) is 2.62. The molecule has 114 valence electrons. The van der Waals surface area contributed by atoms with Crippen LogP contribution >= 0.6 is 0 Å². The number of aliphatic carboxylic acids is 1. The number of rotatable bonds is 2. The Morgan fingerprint density at radius 1 is 1.25 bits per heavy atom. The van der Waals surface area contributed by atoms with Gasteiger partial charge in [-0.25, -0.2) is 4.79 Å². The molecule has 0 spiro atoms. The minimum atomic E-state index is -1.02. The largest absolute Gasteiger partial charge is 0.509 e. The summed E-state index contributed by atoms with van der Waals surface area (Å²) in [7, 11) is 1.52. The number of ether oxygens (including phenoxy) is 1. The highest BCUT2D eigenvalue weighted by atomic mass is 16.5. The molecule has 4 heteroatoms. The second kappa shape index (κ2) is 4.92. The van der Waals surface area contributed by atoms with E-state index in [1.807, 2.05) is 41.5 Å². The van der Waals surface area contributed by atoms with Crippen LogP contribution in [0.3, 0.4) is 0 Å². The first kappa shape index (κ1) is 16.8. The fourth-order valence-corrected chi connectivity index (χ4v) is 2.67. The van der Waals surface area contributed by atoms with Crippen LogP contribution in [0.4, 0.5) is 0 Å². The second-order valence-corrected chi connectivity index (χ2v) is 7.44. The zero-order chi connectivity index (χ0) is 15.9. The van der Waals surface area contributed by atoms with Gasteiger partial charge in [-0.3, -0.25) is 0 Å². The average Bonchev–Trinajstić information content (AvgIpc) is 2.25. The lowest BCUT2D eigenvalue weighted by Crippen LogP contribution is -2.50. The van der Waals surface area contributed by atoms with E-state index in [1.54, 1.807) is 6.08 Å². The number of hydrogen-bond donors (Lipinski definition) is 2. The number of allylic oxidation sites excluding steroid dienone is 2. The standard InChI is InChI=1S/C16H26O4/c1-14(2,3)11-8-10(13(18)19)9-16(20-7,12(11)17)15(4,5)6/h8,17H,9H2,1-7H3,(H,18,19). The van der Waals surface area contributed by atoms with Crippen LogP contribution in [0.2, 0.25) is 0 Å². The van der Waals surface area contributed by atoms with Crippen molar-refractivity contribution in [2.24, 2.45) is 10.8 Å². The van der Waals surface area contributed by atoms with Gasteiger partial charge < -0.3 is 14.9 Å². The fraction of sp³-hybridized carbons (Fsp3) is 0.688. The molecule has 0 saturated carbocycles. The number of methoxy groups -OCH3 is 1. The summed E-state index contributed by atoms with van der Waals surface area (Å²) >= 11 is 0. The summed E-state index contributed by atoms with van der Waals surface area (Å²) in [5, 5.41) is 20.1. The van der Waals surface area contributed by atoms with E-state index in [0.29, 0.717) is 5.57 Å². The lowest BCUT2D eigenvalue weighted by atomic mass is 9.65. The SMILES string of the molecule is COC1(C(C)(C)C)CC(C(=O)O)=CC(C(C)(C)C)=C1O. The van der Waals surface area contributed by atoms with Crippen molar-refractivity contribution in [3.63, 3.8) is 0 Å². The van der Waals surface area contributed by atoms with Gasteiger partial charge in [-0.15, -0.1) is 0 Å². The molecular weight excluding hydrogens is 256 g/mol. The Kier molecular flexibility index (Phi) is 4.12. The highest BCUT2D eigenvalue weighted by Gasteiger charge is 2.51. The summed E-state index contributed by atoms with van der Waals surface area (Å²) in [4.78, 5) is 11.4. The van der Waals surface area contributed by atoms with E-state index in [0.717, 1.165) is 0 Å². The van der Waals surface area contributed by atoms with Crippen molar-refractivity contribution < 1.29 is 19.7 Å². The monoisotopic (exact) mass is 282 g/mol. The van der Waals surface area contributed by atoms with E-state index in [9.17, 15) is 15.0 Å². The number of aliphatic hydroxyl groups excluding tert-OH is 1. The second-order valence-electron chi connectivity index (χ2n) is 7.44. The summed E-state index contributed by atoms with van der Waals surface area (Å²) in [6, 6.07) is 0. The van der Waals surface area contributed by atoms with Gasteiger partial charge in [0, 0.05) is 19.1 Å². The molecule has 1 unspecified atom stereocenters. The van der Waals surface area contributed by atoms with Crippen molar-refractivity contribution in [2.75, 3.05) is 7.11 Å². The number of carboxylic acids is 1. The Hall–Kier alpha value is -1.29. The molecule has 0 aromatic rings. The van der Waals surface area contributed by atoms with Gasteiger partial charge in [0.1, 0.15) is 11.4 Å². The van der Waals surface area contributed by atoms with Crippen LogP contribution in [0.1, 0.15) is 48.0 Å². The Balaban J connectivity index is 3.63. The molecule has 0 heterocycles. The summed E-state index contributed by atoms with van der Waals surface area (Å²) < 4.78 is 5.65. The molecule has 1 rings (SSSR count). The van der Waals surface area contributed by atoms with Gasteiger partial charge in [0.2, 0.25) is 0 Å². The van der Waals surface area contributed by atoms with Gasteiger partial charge in [0.15, 0.2) is 0 Å². The van der Waals surface area contributed by atoms with Crippen molar-refractivity contribution in [1.82, 2.24) is 0 Å². The number of carboxylic acid groups (broad SMARTS) is 1. The third-order valence-corrected chi connectivity index (χ3v) is 4.04. The molecule has 2 N–H and O–H groups in total. The minimum absolute atomic E-state index is 0.144. The quantitative estimate of drug-likeness (QED) is 0.810. The molecular formula is C16H26O4. The van der Waals surface area contributed by atoms with E-state index in [2.05, 4.69) is 0 Å². The van der Waals surface area contributed by atoms with Gasteiger partial charge in [0.25, 0.3) is 0 Å². The zero-order valence-corrected chi connectivity index (χ0v) is 13.5. The molecule has 1 aliphatic rings. The normalized spacial score (nSPS) is 24.6. The summed E-state index contributed by atoms with van der Waals surface area (Å²) in [5.41, 5.74) is -0.919. The van der Waals surface area contributed by atoms with Crippen molar-refractivity contribution >= 4 is 5.97 Å². The zero-order valence-electron chi connectivity index (χ0n) is 13.5. The minimum Gasteiger partial charge on any atom is -0.509 e. The van der Waals surface area contributed by atoms with Crippen molar-refractivity contribution in [2.45, 2.75) is 53.6 Å².